The standard InChI is InChI=1S/C28H24Cl2F2N2O2/c29-23-5-4-6-24(30)28(23)34-26-17-19(36-14-13-33-11-2-1-3-12-33)16-21(20(26)8-10-27(34)35)22-15-18(31)7-9-25(22)32/h4-10,15-17H,1-3,11-14H2. The Hall–Kier alpha value is -2.93. The van der Waals surface area contributed by atoms with E-state index in [0.29, 0.717) is 34.5 Å². The molecule has 1 aliphatic heterocycles. The van der Waals surface area contributed by atoms with Gasteiger partial charge in [-0.25, -0.2) is 8.78 Å². The van der Waals surface area contributed by atoms with Crippen molar-refractivity contribution in [2.75, 3.05) is 26.2 Å². The molecule has 4 nitrogen and oxygen atoms in total. The summed E-state index contributed by atoms with van der Waals surface area (Å²) in [6.07, 6.45) is 3.58. The Kier molecular flexibility index (Phi) is 7.28. The molecular formula is C28H24Cl2F2N2O2. The Morgan fingerprint density at radius 2 is 1.61 bits per heavy atom. The fourth-order valence-electron chi connectivity index (χ4n) is 4.74. The maximum Gasteiger partial charge on any atom is 0.255 e. The lowest BCUT2D eigenvalue weighted by Gasteiger charge is -2.26. The number of pyridine rings is 1. The molecule has 2 heterocycles. The number of rotatable bonds is 6. The number of ether oxygens (including phenoxy) is 1. The third kappa shape index (κ3) is 4.99. The molecule has 1 saturated heterocycles. The second-order valence-corrected chi connectivity index (χ2v) is 9.67. The van der Waals surface area contributed by atoms with E-state index < -0.39 is 11.6 Å². The maximum atomic E-state index is 14.9. The summed E-state index contributed by atoms with van der Waals surface area (Å²) in [6.45, 7) is 3.23. The minimum Gasteiger partial charge on any atom is -0.492 e. The van der Waals surface area contributed by atoms with Gasteiger partial charge in [-0.15, -0.1) is 0 Å². The number of hydrogen-bond donors (Lipinski definition) is 0. The molecule has 186 valence electrons. The van der Waals surface area contributed by atoms with Gasteiger partial charge in [-0.1, -0.05) is 35.7 Å². The minimum atomic E-state index is -0.586. The molecule has 0 aliphatic carbocycles. The molecule has 36 heavy (non-hydrogen) atoms. The van der Waals surface area contributed by atoms with Crippen molar-refractivity contribution < 1.29 is 13.5 Å². The van der Waals surface area contributed by atoms with Crippen LogP contribution in [-0.2, 0) is 0 Å². The quantitative estimate of drug-likeness (QED) is 0.267. The Balaban J connectivity index is 1.68. The van der Waals surface area contributed by atoms with Crippen LogP contribution in [-0.4, -0.2) is 35.7 Å². The maximum absolute atomic E-state index is 14.9. The van der Waals surface area contributed by atoms with Crippen LogP contribution < -0.4 is 10.3 Å². The van der Waals surface area contributed by atoms with Crippen molar-refractivity contribution in [2.45, 2.75) is 19.3 Å². The van der Waals surface area contributed by atoms with Crippen LogP contribution in [0.5, 0.6) is 5.75 Å². The Bertz CT molecular complexity index is 1460. The number of aromatic nitrogens is 1. The van der Waals surface area contributed by atoms with Crippen LogP contribution in [0.3, 0.4) is 0 Å². The lowest BCUT2D eigenvalue weighted by atomic mass is 9.99. The van der Waals surface area contributed by atoms with Crippen molar-refractivity contribution in [3.8, 4) is 22.6 Å². The summed E-state index contributed by atoms with van der Waals surface area (Å²) >= 11 is 12.9. The minimum absolute atomic E-state index is 0.0666. The zero-order valence-corrected chi connectivity index (χ0v) is 21.0. The third-order valence-electron chi connectivity index (χ3n) is 6.49. The molecule has 0 unspecified atom stereocenters. The first kappa shape index (κ1) is 24.8. The van der Waals surface area contributed by atoms with Crippen molar-refractivity contribution in [1.82, 2.24) is 9.47 Å². The fourth-order valence-corrected chi connectivity index (χ4v) is 5.31. The number of piperidine rings is 1. The number of halogens is 4. The van der Waals surface area contributed by atoms with Crippen LogP contribution in [0.2, 0.25) is 10.0 Å². The van der Waals surface area contributed by atoms with E-state index in [1.165, 1.54) is 29.9 Å². The van der Waals surface area contributed by atoms with Gasteiger partial charge in [0.2, 0.25) is 0 Å². The molecule has 3 aromatic carbocycles. The number of hydrogen-bond acceptors (Lipinski definition) is 3. The average Bonchev–Trinajstić information content (AvgIpc) is 2.87. The van der Waals surface area contributed by atoms with E-state index in [1.807, 2.05) is 0 Å². The molecule has 0 N–H and O–H groups in total. The van der Waals surface area contributed by atoms with Crippen molar-refractivity contribution in [1.29, 1.82) is 0 Å². The molecule has 0 atom stereocenters. The molecule has 4 aromatic rings. The van der Waals surface area contributed by atoms with E-state index in [0.717, 1.165) is 37.8 Å². The summed E-state index contributed by atoms with van der Waals surface area (Å²) < 4.78 is 36.6. The molecule has 0 amide bonds. The van der Waals surface area contributed by atoms with E-state index in [4.69, 9.17) is 27.9 Å². The average molecular weight is 529 g/mol. The summed E-state index contributed by atoms with van der Waals surface area (Å²) in [5.74, 6) is -0.726. The number of benzene rings is 3. The summed E-state index contributed by atoms with van der Waals surface area (Å²) in [4.78, 5) is 15.4. The predicted octanol–water partition coefficient (Wildman–Crippen LogP) is 7.11. The smallest absolute Gasteiger partial charge is 0.255 e. The Morgan fingerprint density at radius 1 is 0.861 bits per heavy atom. The van der Waals surface area contributed by atoms with Crippen LogP contribution >= 0.6 is 23.2 Å². The highest BCUT2D eigenvalue weighted by atomic mass is 35.5. The lowest BCUT2D eigenvalue weighted by molar-refractivity contribution is 0.183. The molecule has 1 aromatic heterocycles. The zero-order chi connectivity index (χ0) is 25.2. The highest BCUT2D eigenvalue weighted by Crippen LogP contribution is 2.37. The van der Waals surface area contributed by atoms with Gasteiger partial charge < -0.3 is 4.74 Å². The van der Waals surface area contributed by atoms with Gasteiger partial charge >= 0.3 is 0 Å². The second kappa shape index (κ2) is 10.6. The van der Waals surface area contributed by atoms with Crippen LogP contribution in [0, 0.1) is 11.6 Å². The van der Waals surface area contributed by atoms with E-state index in [9.17, 15) is 13.6 Å². The van der Waals surface area contributed by atoms with Gasteiger partial charge in [0.15, 0.2) is 0 Å². The SMILES string of the molecule is O=c1ccc2c(-c3cc(F)ccc3F)cc(OCCN3CCCCC3)cc2n1-c1c(Cl)cccc1Cl. The normalized spacial score (nSPS) is 14.3. The molecular weight excluding hydrogens is 505 g/mol. The van der Waals surface area contributed by atoms with Crippen LogP contribution in [0.4, 0.5) is 8.78 Å². The van der Waals surface area contributed by atoms with Gasteiger partial charge in [0.1, 0.15) is 24.0 Å². The fraction of sp³-hybridized carbons (Fsp3) is 0.250. The van der Waals surface area contributed by atoms with E-state index in [-0.39, 0.29) is 21.2 Å². The third-order valence-corrected chi connectivity index (χ3v) is 7.10. The first-order valence-electron chi connectivity index (χ1n) is 11.9. The highest BCUT2D eigenvalue weighted by Gasteiger charge is 2.19. The summed E-state index contributed by atoms with van der Waals surface area (Å²) in [5.41, 5.74) is 0.833. The van der Waals surface area contributed by atoms with E-state index in [1.54, 1.807) is 36.4 Å². The van der Waals surface area contributed by atoms with E-state index in [2.05, 4.69) is 4.90 Å². The van der Waals surface area contributed by atoms with Gasteiger partial charge in [0, 0.05) is 29.6 Å². The van der Waals surface area contributed by atoms with Gasteiger partial charge in [-0.05, 0) is 74.0 Å². The van der Waals surface area contributed by atoms with Gasteiger partial charge in [0.25, 0.3) is 5.56 Å². The molecule has 0 bridgehead atoms. The van der Waals surface area contributed by atoms with Crippen molar-refractivity contribution >= 4 is 34.1 Å². The molecule has 1 aliphatic rings. The summed E-state index contributed by atoms with van der Waals surface area (Å²) in [7, 11) is 0. The molecule has 0 saturated carbocycles. The van der Waals surface area contributed by atoms with Crippen molar-refractivity contribution in [3.05, 3.63) is 92.7 Å². The van der Waals surface area contributed by atoms with Crippen LogP contribution in [0.15, 0.2) is 65.5 Å². The highest BCUT2D eigenvalue weighted by molar-refractivity contribution is 6.37. The molecule has 1 fully saturated rings. The van der Waals surface area contributed by atoms with Crippen molar-refractivity contribution in [3.63, 3.8) is 0 Å². The Labute approximate surface area is 217 Å². The topological polar surface area (TPSA) is 34.5 Å². The Morgan fingerprint density at radius 3 is 2.36 bits per heavy atom. The van der Waals surface area contributed by atoms with Gasteiger partial charge in [-0.2, -0.15) is 0 Å². The zero-order valence-electron chi connectivity index (χ0n) is 19.4. The number of likely N-dealkylation sites (tertiary alicyclic amines) is 1. The largest absolute Gasteiger partial charge is 0.492 e. The van der Waals surface area contributed by atoms with Crippen molar-refractivity contribution in [2.24, 2.45) is 0 Å². The predicted molar refractivity (Wildman–Crippen MR) is 141 cm³/mol. The second-order valence-electron chi connectivity index (χ2n) is 8.86. The summed E-state index contributed by atoms with van der Waals surface area (Å²) in [6, 6.07) is 14.6. The lowest BCUT2D eigenvalue weighted by Crippen LogP contribution is -2.33. The van der Waals surface area contributed by atoms with Crippen LogP contribution in [0.1, 0.15) is 19.3 Å². The molecule has 8 heteroatoms. The number of nitrogens with zero attached hydrogens (tertiary/aromatic N) is 2. The molecule has 0 spiro atoms. The summed E-state index contributed by atoms with van der Waals surface area (Å²) in [5, 5.41) is 1.09. The monoisotopic (exact) mass is 528 g/mol. The first-order chi connectivity index (χ1) is 17.4. The van der Waals surface area contributed by atoms with Gasteiger partial charge in [-0.3, -0.25) is 14.3 Å². The molecule has 0 radical (unpaired) electrons. The first-order valence-corrected chi connectivity index (χ1v) is 12.6. The van der Waals surface area contributed by atoms with Crippen LogP contribution in [0.25, 0.3) is 27.7 Å². The molecule has 5 rings (SSSR count). The number of para-hydroxylation sites is 1. The van der Waals surface area contributed by atoms with E-state index >= 15 is 0 Å². The number of fused-ring (bicyclic) bond motifs is 1. The van der Waals surface area contributed by atoms with Gasteiger partial charge in [0.05, 0.1) is 21.2 Å².